The van der Waals surface area contributed by atoms with E-state index in [4.69, 9.17) is 0 Å². The third kappa shape index (κ3) is 1.04. The van der Waals surface area contributed by atoms with Gasteiger partial charge >= 0.3 is 0 Å². The molecule has 0 spiro atoms. The number of nitrogens with one attached hydrogen (secondary N) is 1. The number of allylic oxidation sites excluding steroid dienone is 1. The lowest BCUT2D eigenvalue weighted by atomic mass is 10.0. The molecule has 1 N–H and O–H groups in total. The van der Waals surface area contributed by atoms with Crippen LogP contribution in [0.4, 0.5) is 0 Å². The molecule has 0 bridgehead atoms. The van der Waals surface area contributed by atoms with Crippen LogP contribution in [0.15, 0.2) is 15.6 Å². The van der Waals surface area contributed by atoms with Crippen LogP contribution in [0.3, 0.4) is 0 Å². The van der Waals surface area contributed by atoms with Gasteiger partial charge in [0.1, 0.15) is 6.17 Å². The van der Waals surface area contributed by atoms with Gasteiger partial charge in [0.2, 0.25) is 0 Å². The standard InChI is InChI=1S/C7H9BrN2/c8-6-3-5-1-2-9-7(5)10-4-6/h3-5,7,9H,1-2H2. The minimum atomic E-state index is 0.362. The molecule has 1 fully saturated rings. The van der Waals surface area contributed by atoms with E-state index in [0.29, 0.717) is 12.1 Å². The van der Waals surface area contributed by atoms with Crippen LogP contribution in [0.2, 0.25) is 0 Å². The van der Waals surface area contributed by atoms with E-state index in [1.54, 1.807) is 0 Å². The monoisotopic (exact) mass is 200 g/mol. The van der Waals surface area contributed by atoms with Gasteiger partial charge in [-0.15, -0.1) is 0 Å². The highest BCUT2D eigenvalue weighted by Gasteiger charge is 2.25. The molecule has 2 aliphatic heterocycles. The van der Waals surface area contributed by atoms with E-state index in [1.807, 2.05) is 6.21 Å². The summed E-state index contributed by atoms with van der Waals surface area (Å²) in [6.45, 7) is 1.10. The zero-order valence-corrected chi connectivity index (χ0v) is 7.13. The summed E-state index contributed by atoms with van der Waals surface area (Å²) in [4.78, 5) is 4.32. The molecule has 2 nitrogen and oxygen atoms in total. The maximum absolute atomic E-state index is 4.32. The topological polar surface area (TPSA) is 24.4 Å². The van der Waals surface area contributed by atoms with E-state index >= 15 is 0 Å². The first-order chi connectivity index (χ1) is 4.86. The number of aliphatic imine (C=N–C) groups is 1. The number of hydrogen-bond donors (Lipinski definition) is 1. The predicted molar refractivity (Wildman–Crippen MR) is 45.4 cm³/mol. The van der Waals surface area contributed by atoms with Gasteiger partial charge in [-0.2, -0.15) is 0 Å². The predicted octanol–water partition coefficient (Wildman–Crippen LogP) is 1.29. The Hall–Kier alpha value is -0.150. The van der Waals surface area contributed by atoms with Crippen molar-refractivity contribution in [2.75, 3.05) is 6.54 Å². The summed E-state index contributed by atoms with van der Waals surface area (Å²) in [5.74, 6) is 0.624. The Morgan fingerprint density at radius 1 is 1.70 bits per heavy atom. The molecule has 0 aromatic heterocycles. The number of rotatable bonds is 0. The highest BCUT2D eigenvalue weighted by molar-refractivity contribution is 9.12. The Kier molecular flexibility index (Phi) is 1.62. The molecule has 0 amide bonds. The number of fused-ring (bicyclic) bond motifs is 1. The van der Waals surface area contributed by atoms with Crippen molar-refractivity contribution in [2.45, 2.75) is 12.6 Å². The van der Waals surface area contributed by atoms with Crippen LogP contribution < -0.4 is 5.32 Å². The van der Waals surface area contributed by atoms with Gasteiger partial charge in [-0.1, -0.05) is 6.08 Å². The van der Waals surface area contributed by atoms with Crippen molar-refractivity contribution < 1.29 is 0 Å². The normalized spacial score (nSPS) is 37.5. The van der Waals surface area contributed by atoms with Crippen LogP contribution in [0.5, 0.6) is 0 Å². The summed E-state index contributed by atoms with van der Waals surface area (Å²) in [7, 11) is 0. The molecule has 2 aliphatic rings. The molecule has 54 valence electrons. The van der Waals surface area contributed by atoms with Gasteiger partial charge in [-0.05, 0) is 28.9 Å². The highest BCUT2D eigenvalue weighted by Crippen LogP contribution is 2.24. The van der Waals surface area contributed by atoms with Crippen molar-refractivity contribution in [3.8, 4) is 0 Å². The maximum atomic E-state index is 4.32. The summed E-state index contributed by atoms with van der Waals surface area (Å²) >= 11 is 3.41. The maximum Gasteiger partial charge on any atom is 0.106 e. The van der Waals surface area contributed by atoms with Crippen LogP contribution in [0, 0.1) is 5.92 Å². The zero-order valence-electron chi connectivity index (χ0n) is 5.55. The van der Waals surface area contributed by atoms with Gasteiger partial charge in [-0.3, -0.25) is 10.3 Å². The first-order valence-electron chi connectivity index (χ1n) is 3.50. The average Bonchev–Trinajstić information content (AvgIpc) is 2.33. The molecule has 10 heavy (non-hydrogen) atoms. The molecule has 1 saturated heterocycles. The molecular weight excluding hydrogens is 192 g/mol. The second kappa shape index (κ2) is 2.47. The van der Waals surface area contributed by atoms with Crippen molar-refractivity contribution in [2.24, 2.45) is 10.9 Å². The summed E-state index contributed by atoms with van der Waals surface area (Å²) < 4.78 is 1.12. The van der Waals surface area contributed by atoms with E-state index in [0.717, 1.165) is 11.0 Å². The van der Waals surface area contributed by atoms with Gasteiger partial charge < -0.3 is 0 Å². The molecule has 0 aromatic carbocycles. The third-order valence-electron chi connectivity index (χ3n) is 1.97. The Morgan fingerprint density at radius 3 is 3.50 bits per heavy atom. The smallest absolute Gasteiger partial charge is 0.106 e. The number of nitrogens with zero attached hydrogens (tertiary/aromatic N) is 1. The van der Waals surface area contributed by atoms with Crippen molar-refractivity contribution in [3.05, 3.63) is 10.6 Å². The third-order valence-corrected chi connectivity index (χ3v) is 2.44. The van der Waals surface area contributed by atoms with Gasteiger partial charge in [0.15, 0.2) is 0 Å². The molecule has 0 aromatic rings. The van der Waals surface area contributed by atoms with Crippen LogP contribution in [-0.4, -0.2) is 18.9 Å². The summed E-state index contributed by atoms with van der Waals surface area (Å²) in [5, 5.41) is 3.32. The van der Waals surface area contributed by atoms with E-state index in [-0.39, 0.29) is 0 Å². The second-order valence-corrected chi connectivity index (χ2v) is 3.60. The second-order valence-electron chi connectivity index (χ2n) is 2.68. The molecule has 0 aliphatic carbocycles. The average molecular weight is 201 g/mol. The molecule has 2 rings (SSSR count). The van der Waals surface area contributed by atoms with Crippen molar-refractivity contribution in [1.82, 2.24) is 5.32 Å². The summed E-state index contributed by atoms with van der Waals surface area (Å²) in [5.41, 5.74) is 0. The first kappa shape index (κ1) is 6.55. The lowest BCUT2D eigenvalue weighted by Crippen LogP contribution is -2.25. The van der Waals surface area contributed by atoms with Gasteiger partial charge in [0, 0.05) is 16.6 Å². The van der Waals surface area contributed by atoms with Gasteiger partial charge in [0.05, 0.1) is 0 Å². The van der Waals surface area contributed by atoms with Crippen LogP contribution in [-0.2, 0) is 0 Å². The SMILES string of the molecule is BrC1=CC2CCNC2N=C1. The van der Waals surface area contributed by atoms with E-state index in [9.17, 15) is 0 Å². The largest absolute Gasteiger partial charge is 0.295 e. The Balaban J connectivity index is 2.20. The van der Waals surface area contributed by atoms with Crippen molar-refractivity contribution >= 4 is 22.1 Å². The fourth-order valence-corrected chi connectivity index (χ4v) is 1.90. The Bertz CT molecular complexity index is 198. The Labute approximate surface area is 68.5 Å². The van der Waals surface area contributed by atoms with E-state index < -0.39 is 0 Å². The minimum absolute atomic E-state index is 0.362. The molecule has 0 radical (unpaired) electrons. The number of hydrogen-bond acceptors (Lipinski definition) is 2. The highest BCUT2D eigenvalue weighted by atomic mass is 79.9. The quantitative estimate of drug-likeness (QED) is 0.627. The molecular formula is C7H9BrN2. The minimum Gasteiger partial charge on any atom is -0.295 e. The first-order valence-corrected chi connectivity index (χ1v) is 4.29. The number of dihydropyridines is 1. The van der Waals surface area contributed by atoms with Gasteiger partial charge in [0.25, 0.3) is 0 Å². The van der Waals surface area contributed by atoms with Gasteiger partial charge in [-0.25, -0.2) is 0 Å². The molecule has 2 heterocycles. The fraction of sp³-hybridized carbons (Fsp3) is 0.571. The van der Waals surface area contributed by atoms with Crippen LogP contribution in [0.1, 0.15) is 6.42 Å². The lowest BCUT2D eigenvalue weighted by Gasteiger charge is -2.14. The summed E-state index contributed by atoms with van der Waals surface area (Å²) in [6.07, 6.45) is 5.69. The van der Waals surface area contributed by atoms with Crippen LogP contribution in [0.25, 0.3) is 0 Å². The lowest BCUT2D eigenvalue weighted by molar-refractivity contribution is 0.543. The van der Waals surface area contributed by atoms with E-state index in [2.05, 4.69) is 32.3 Å². The Morgan fingerprint density at radius 2 is 2.60 bits per heavy atom. The molecule has 3 heteroatoms. The van der Waals surface area contributed by atoms with Crippen molar-refractivity contribution in [3.63, 3.8) is 0 Å². The van der Waals surface area contributed by atoms with E-state index in [1.165, 1.54) is 6.42 Å². The molecule has 2 atom stereocenters. The molecule has 2 unspecified atom stereocenters. The fourth-order valence-electron chi connectivity index (χ4n) is 1.44. The molecule has 0 saturated carbocycles. The van der Waals surface area contributed by atoms with Crippen LogP contribution >= 0.6 is 15.9 Å². The number of halogens is 1. The van der Waals surface area contributed by atoms with Crippen molar-refractivity contribution in [1.29, 1.82) is 0 Å². The summed E-state index contributed by atoms with van der Waals surface area (Å²) in [6, 6.07) is 0. The zero-order chi connectivity index (χ0) is 6.97.